The Bertz CT molecular complexity index is 662. The molecule has 0 aliphatic heterocycles. The van der Waals surface area contributed by atoms with Crippen LogP contribution in [0, 0.1) is 0 Å². The highest BCUT2D eigenvalue weighted by Crippen LogP contribution is 2.40. The maximum atomic E-state index is 12.4. The van der Waals surface area contributed by atoms with E-state index in [0.717, 1.165) is 6.20 Å². The van der Waals surface area contributed by atoms with Gasteiger partial charge in [0.25, 0.3) is 5.91 Å². The minimum Gasteiger partial charge on any atom is -0.506 e. The molecule has 0 spiro atoms. The third-order valence-corrected chi connectivity index (χ3v) is 3.15. The molecule has 0 bridgehead atoms. The average Bonchev–Trinajstić information content (AvgIpc) is 2.39. The van der Waals surface area contributed by atoms with E-state index >= 15 is 0 Å². The molecule has 110 valence electrons. The normalized spacial score (nSPS) is 11.2. The Labute approximate surface area is 122 Å². The molecule has 0 aliphatic rings. The van der Waals surface area contributed by atoms with E-state index in [1.165, 1.54) is 36.5 Å². The summed E-state index contributed by atoms with van der Waals surface area (Å²) in [6.45, 7) is 0. The molecule has 1 heterocycles. The highest BCUT2D eigenvalue weighted by Gasteiger charge is 2.30. The maximum absolute atomic E-state index is 12.4. The number of pyridine rings is 1. The minimum absolute atomic E-state index is 0.0353. The zero-order chi connectivity index (χ0) is 15.5. The van der Waals surface area contributed by atoms with Crippen LogP contribution in [0.1, 0.15) is 10.4 Å². The van der Waals surface area contributed by atoms with Crippen molar-refractivity contribution >= 4 is 23.4 Å². The average molecular weight is 314 g/mol. The first-order valence-electron chi connectivity index (χ1n) is 5.65. The number of thioether (sulfide) groups is 1. The molecule has 0 aliphatic carbocycles. The first kappa shape index (κ1) is 15.2. The van der Waals surface area contributed by atoms with Crippen LogP contribution in [0.3, 0.4) is 0 Å². The van der Waals surface area contributed by atoms with Gasteiger partial charge >= 0.3 is 5.51 Å². The summed E-state index contributed by atoms with van der Waals surface area (Å²) in [5, 5.41) is 11.6. The van der Waals surface area contributed by atoms with Crippen molar-refractivity contribution in [1.82, 2.24) is 4.98 Å². The molecular formula is C13H9F3N2O2S. The first-order chi connectivity index (χ1) is 9.85. The van der Waals surface area contributed by atoms with E-state index in [0.29, 0.717) is 0 Å². The molecule has 0 saturated carbocycles. The van der Waals surface area contributed by atoms with E-state index in [-0.39, 0.29) is 33.7 Å². The highest BCUT2D eigenvalue weighted by atomic mass is 32.2. The molecular weight excluding hydrogens is 305 g/mol. The van der Waals surface area contributed by atoms with Gasteiger partial charge in [-0.1, -0.05) is 12.1 Å². The molecule has 0 fully saturated rings. The summed E-state index contributed by atoms with van der Waals surface area (Å²) in [5.74, 6) is -0.866. The van der Waals surface area contributed by atoms with Gasteiger partial charge in [-0.15, -0.1) is 0 Å². The van der Waals surface area contributed by atoms with E-state index < -0.39 is 11.4 Å². The van der Waals surface area contributed by atoms with Crippen LogP contribution in [-0.2, 0) is 0 Å². The van der Waals surface area contributed by atoms with E-state index in [9.17, 15) is 23.1 Å². The molecule has 0 radical (unpaired) electrons. The van der Waals surface area contributed by atoms with Crippen LogP contribution in [0.25, 0.3) is 0 Å². The SMILES string of the molecule is O=C(Nc1ccccc1SC(F)(F)F)c1cncc(O)c1. The van der Waals surface area contributed by atoms with Crippen molar-refractivity contribution in [2.45, 2.75) is 10.4 Å². The Morgan fingerprint density at radius 2 is 1.95 bits per heavy atom. The van der Waals surface area contributed by atoms with Gasteiger partial charge in [-0.2, -0.15) is 13.2 Å². The van der Waals surface area contributed by atoms with Gasteiger partial charge in [0.2, 0.25) is 0 Å². The quantitative estimate of drug-likeness (QED) is 0.849. The molecule has 0 saturated heterocycles. The zero-order valence-electron chi connectivity index (χ0n) is 10.4. The Kier molecular flexibility index (Phi) is 4.37. The van der Waals surface area contributed by atoms with Crippen molar-refractivity contribution in [3.63, 3.8) is 0 Å². The number of aromatic hydroxyl groups is 1. The number of carbonyl (C=O) groups is 1. The van der Waals surface area contributed by atoms with Crippen LogP contribution < -0.4 is 5.32 Å². The molecule has 21 heavy (non-hydrogen) atoms. The molecule has 2 aromatic rings. The fraction of sp³-hybridized carbons (Fsp3) is 0.0769. The molecule has 1 aromatic heterocycles. The van der Waals surface area contributed by atoms with Crippen LogP contribution in [-0.4, -0.2) is 21.5 Å². The lowest BCUT2D eigenvalue weighted by molar-refractivity contribution is -0.0328. The summed E-state index contributed by atoms with van der Waals surface area (Å²) in [7, 11) is 0. The van der Waals surface area contributed by atoms with Crippen LogP contribution in [0.4, 0.5) is 18.9 Å². The standard InChI is InChI=1S/C13H9F3N2O2S/c14-13(15,16)21-11-4-2-1-3-10(11)18-12(20)8-5-9(19)7-17-6-8/h1-7,19H,(H,18,20). The number of aromatic nitrogens is 1. The molecule has 2 rings (SSSR count). The van der Waals surface area contributed by atoms with E-state index in [2.05, 4.69) is 10.3 Å². The summed E-state index contributed by atoms with van der Waals surface area (Å²) in [4.78, 5) is 15.4. The van der Waals surface area contributed by atoms with Crippen LogP contribution in [0.5, 0.6) is 5.75 Å². The lowest BCUT2D eigenvalue weighted by Gasteiger charge is -2.12. The molecule has 1 amide bonds. The number of anilines is 1. The van der Waals surface area contributed by atoms with Crippen molar-refractivity contribution in [1.29, 1.82) is 0 Å². The van der Waals surface area contributed by atoms with Gasteiger partial charge in [0, 0.05) is 11.1 Å². The maximum Gasteiger partial charge on any atom is 0.446 e. The second-order valence-corrected chi connectivity index (χ2v) is 5.04. The lowest BCUT2D eigenvalue weighted by Crippen LogP contribution is -2.13. The van der Waals surface area contributed by atoms with Crippen molar-refractivity contribution in [2.75, 3.05) is 5.32 Å². The summed E-state index contributed by atoms with van der Waals surface area (Å²) in [6.07, 6.45) is 2.35. The number of nitrogens with zero attached hydrogens (tertiary/aromatic N) is 1. The summed E-state index contributed by atoms with van der Waals surface area (Å²) >= 11 is -0.312. The zero-order valence-corrected chi connectivity index (χ0v) is 11.2. The fourth-order valence-electron chi connectivity index (χ4n) is 1.53. The number of nitrogens with one attached hydrogen (secondary N) is 1. The van der Waals surface area contributed by atoms with Crippen molar-refractivity contribution in [2.24, 2.45) is 0 Å². The summed E-state index contributed by atoms with van der Waals surface area (Å²) in [5.41, 5.74) is -4.37. The Morgan fingerprint density at radius 3 is 2.62 bits per heavy atom. The smallest absolute Gasteiger partial charge is 0.446 e. The van der Waals surface area contributed by atoms with E-state index in [1.807, 2.05) is 0 Å². The van der Waals surface area contributed by atoms with Crippen molar-refractivity contribution in [3.05, 3.63) is 48.3 Å². The monoisotopic (exact) mass is 314 g/mol. The Morgan fingerprint density at radius 1 is 1.24 bits per heavy atom. The number of halogens is 3. The highest BCUT2D eigenvalue weighted by molar-refractivity contribution is 8.00. The molecule has 1 aromatic carbocycles. The molecule has 0 unspecified atom stereocenters. The van der Waals surface area contributed by atoms with Gasteiger partial charge in [-0.05, 0) is 30.0 Å². The number of hydrogen-bond acceptors (Lipinski definition) is 4. The number of amides is 1. The molecule has 8 heteroatoms. The predicted octanol–water partition coefficient (Wildman–Crippen LogP) is 3.65. The van der Waals surface area contributed by atoms with Crippen LogP contribution >= 0.6 is 11.8 Å². The predicted molar refractivity (Wildman–Crippen MR) is 72.2 cm³/mol. The third-order valence-electron chi connectivity index (χ3n) is 2.35. The number of alkyl halides is 3. The summed E-state index contributed by atoms with van der Waals surface area (Å²) < 4.78 is 37.3. The minimum atomic E-state index is -4.45. The van der Waals surface area contributed by atoms with Gasteiger partial charge in [0.15, 0.2) is 0 Å². The lowest BCUT2D eigenvalue weighted by atomic mass is 10.2. The molecule has 4 nitrogen and oxygen atoms in total. The Hall–Kier alpha value is -2.22. The number of hydrogen-bond donors (Lipinski definition) is 2. The second-order valence-electron chi connectivity index (χ2n) is 3.93. The van der Waals surface area contributed by atoms with Gasteiger partial charge in [0.1, 0.15) is 5.75 Å². The largest absolute Gasteiger partial charge is 0.506 e. The number of carbonyl (C=O) groups excluding carboxylic acids is 1. The van der Waals surface area contributed by atoms with Gasteiger partial charge < -0.3 is 10.4 Å². The topological polar surface area (TPSA) is 62.2 Å². The Balaban J connectivity index is 2.22. The van der Waals surface area contributed by atoms with Crippen LogP contribution in [0.15, 0.2) is 47.6 Å². The first-order valence-corrected chi connectivity index (χ1v) is 6.47. The molecule has 0 atom stereocenters. The molecule has 2 N–H and O–H groups in total. The van der Waals surface area contributed by atoms with Crippen molar-refractivity contribution < 1.29 is 23.1 Å². The van der Waals surface area contributed by atoms with E-state index in [4.69, 9.17) is 0 Å². The van der Waals surface area contributed by atoms with Gasteiger partial charge in [0.05, 0.1) is 17.4 Å². The van der Waals surface area contributed by atoms with Crippen LogP contribution in [0.2, 0.25) is 0 Å². The third kappa shape index (κ3) is 4.38. The van der Waals surface area contributed by atoms with Gasteiger partial charge in [-0.25, -0.2) is 0 Å². The van der Waals surface area contributed by atoms with E-state index in [1.54, 1.807) is 0 Å². The second kappa shape index (κ2) is 6.04. The fourth-order valence-corrected chi connectivity index (χ4v) is 2.16. The number of rotatable bonds is 3. The number of benzene rings is 1. The van der Waals surface area contributed by atoms with Crippen molar-refractivity contribution in [3.8, 4) is 5.75 Å². The summed E-state index contributed by atoms with van der Waals surface area (Å²) in [6, 6.07) is 6.74. The van der Waals surface area contributed by atoms with Gasteiger partial charge in [-0.3, -0.25) is 9.78 Å². The number of para-hydroxylation sites is 1.